The van der Waals surface area contributed by atoms with Crippen LogP contribution in [0.25, 0.3) is 0 Å². The number of halogens is 1. The van der Waals surface area contributed by atoms with Crippen LogP contribution in [0.1, 0.15) is 11.6 Å². The molecule has 0 radical (unpaired) electrons. The highest BCUT2D eigenvalue weighted by molar-refractivity contribution is 9.10. The molecule has 10 heavy (non-hydrogen) atoms. The van der Waals surface area contributed by atoms with Gasteiger partial charge in [0.25, 0.3) is 0 Å². The Morgan fingerprint density at radius 1 is 1.80 bits per heavy atom. The van der Waals surface area contributed by atoms with Crippen molar-refractivity contribution in [2.45, 2.75) is 6.04 Å². The minimum atomic E-state index is -0.130. The lowest BCUT2D eigenvalue weighted by Gasteiger charge is -1.98. The van der Waals surface area contributed by atoms with Crippen molar-refractivity contribution in [3.8, 4) is 0 Å². The second-order valence-corrected chi connectivity index (χ2v) is 2.73. The van der Waals surface area contributed by atoms with Crippen LogP contribution in [0.3, 0.4) is 0 Å². The SMILES string of the molecule is C=CC(N)c1coc(Br)c1. The zero-order valence-electron chi connectivity index (χ0n) is 5.38. The summed E-state index contributed by atoms with van der Waals surface area (Å²) in [7, 11) is 0. The lowest BCUT2D eigenvalue weighted by atomic mass is 10.2. The van der Waals surface area contributed by atoms with Crippen molar-refractivity contribution < 1.29 is 4.42 Å². The Hall–Kier alpha value is -0.540. The molecule has 0 saturated heterocycles. The molecule has 1 unspecified atom stereocenters. The number of hydrogen-bond donors (Lipinski definition) is 1. The van der Waals surface area contributed by atoms with Crippen LogP contribution >= 0.6 is 15.9 Å². The van der Waals surface area contributed by atoms with Crippen molar-refractivity contribution in [1.82, 2.24) is 0 Å². The van der Waals surface area contributed by atoms with Gasteiger partial charge in [-0.25, -0.2) is 0 Å². The van der Waals surface area contributed by atoms with Crippen molar-refractivity contribution in [2.75, 3.05) is 0 Å². The molecule has 0 bridgehead atoms. The van der Waals surface area contributed by atoms with Crippen molar-refractivity contribution in [2.24, 2.45) is 5.73 Å². The van der Waals surface area contributed by atoms with Gasteiger partial charge in [-0.1, -0.05) is 6.08 Å². The quantitative estimate of drug-likeness (QED) is 0.746. The largest absolute Gasteiger partial charge is 0.457 e. The van der Waals surface area contributed by atoms with Gasteiger partial charge in [0, 0.05) is 5.56 Å². The number of furan rings is 1. The standard InChI is InChI=1S/C7H8BrNO/c1-2-6(9)5-3-7(8)10-4-5/h2-4,6H,1,9H2. The van der Waals surface area contributed by atoms with Gasteiger partial charge in [0.2, 0.25) is 0 Å². The summed E-state index contributed by atoms with van der Waals surface area (Å²) in [6, 6.07) is 1.70. The monoisotopic (exact) mass is 201 g/mol. The molecule has 0 spiro atoms. The third-order valence-corrected chi connectivity index (χ3v) is 1.64. The average Bonchev–Trinajstić information content (AvgIpc) is 2.34. The molecular formula is C7H8BrNO. The van der Waals surface area contributed by atoms with E-state index in [0.717, 1.165) is 5.56 Å². The van der Waals surface area contributed by atoms with Crippen LogP contribution in [0, 0.1) is 0 Å². The first-order valence-corrected chi connectivity index (χ1v) is 3.65. The molecule has 0 amide bonds. The normalized spacial score (nSPS) is 13.0. The zero-order valence-corrected chi connectivity index (χ0v) is 6.97. The molecule has 1 heterocycles. The van der Waals surface area contributed by atoms with E-state index >= 15 is 0 Å². The van der Waals surface area contributed by atoms with E-state index in [1.165, 1.54) is 0 Å². The van der Waals surface area contributed by atoms with E-state index in [9.17, 15) is 0 Å². The van der Waals surface area contributed by atoms with Gasteiger partial charge in [-0.05, 0) is 22.0 Å². The summed E-state index contributed by atoms with van der Waals surface area (Å²) in [6.07, 6.45) is 3.27. The van der Waals surface area contributed by atoms with Crippen LogP contribution in [0.15, 0.2) is 34.1 Å². The lowest BCUT2D eigenvalue weighted by Crippen LogP contribution is -2.04. The summed E-state index contributed by atoms with van der Waals surface area (Å²) in [5, 5.41) is 0. The fourth-order valence-corrected chi connectivity index (χ4v) is 0.992. The third kappa shape index (κ3) is 1.49. The maximum atomic E-state index is 5.61. The molecule has 0 aliphatic carbocycles. The lowest BCUT2D eigenvalue weighted by molar-refractivity contribution is 0.537. The van der Waals surface area contributed by atoms with E-state index in [-0.39, 0.29) is 6.04 Å². The Morgan fingerprint density at radius 3 is 2.90 bits per heavy atom. The first-order chi connectivity index (χ1) is 4.74. The Morgan fingerprint density at radius 2 is 2.50 bits per heavy atom. The maximum absolute atomic E-state index is 5.61. The molecule has 3 heteroatoms. The smallest absolute Gasteiger partial charge is 0.169 e. The van der Waals surface area contributed by atoms with E-state index in [0.29, 0.717) is 4.67 Å². The molecule has 1 aromatic rings. The highest BCUT2D eigenvalue weighted by Crippen LogP contribution is 2.18. The summed E-state index contributed by atoms with van der Waals surface area (Å²) in [4.78, 5) is 0. The molecule has 0 fully saturated rings. The minimum absolute atomic E-state index is 0.130. The van der Waals surface area contributed by atoms with Gasteiger partial charge in [-0.3, -0.25) is 0 Å². The molecule has 0 aliphatic heterocycles. The molecule has 1 aromatic heterocycles. The van der Waals surface area contributed by atoms with Gasteiger partial charge >= 0.3 is 0 Å². The Bertz CT molecular complexity index is 231. The highest BCUT2D eigenvalue weighted by atomic mass is 79.9. The summed E-state index contributed by atoms with van der Waals surface area (Å²) >= 11 is 3.17. The topological polar surface area (TPSA) is 39.2 Å². The van der Waals surface area contributed by atoms with Crippen LogP contribution in [-0.4, -0.2) is 0 Å². The molecule has 0 aromatic carbocycles. The van der Waals surface area contributed by atoms with Crippen LogP contribution in [0.4, 0.5) is 0 Å². The summed E-state index contributed by atoms with van der Waals surface area (Å²) < 4.78 is 5.67. The van der Waals surface area contributed by atoms with E-state index < -0.39 is 0 Å². The summed E-state index contributed by atoms with van der Waals surface area (Å²) in [5.74, 6) is 0. The predicted molar refractivity (Wildman–Crippen MR) is 43.5 cm³/mol. The van der Waals surface area contributed by atoms with Crippen LogP contribution in [0.2, 0.25) is 0 Å². The minimum Gasteiger partial charge on any atom is -0.457 e. The molecule has 0 saturated carbocycles. The Balaban J connectivity index is 2.84. The molecule has 54 valence electrons. The van der Waals surface area contributed by atoms with Crippen LogP contribution in [-0.2, 0) is 0 Å². The third-order valence-electron chi connectivity index (χ3n) is 1.23. The first-order valence-electron chi connectivity index (χ1n) is 2.86. The van der Waals surface area contributed by atoms with Crippen LogP contribution in [0.5, 0.6) is 0 Å². The van der Waals surface area contributed by atoms with Crippen molar-refractivity contribution in [1.29, 1.82) is 0 Å². The zero-order chi connectivity index (χ0) is 7.56. The van der Waals surface area contributed by atoms with Gasteiger partial charge in [0.15, 0.2) is 4.67 Å². The Labute approximate surface area is 67.8 Å². The van der Waals surface area contributed by atoms with E-state index in [1.807, 2.05) is 6.07 Å². The molecule has 1 atom stereocenters. The average molecular weight is 202 g/mol. The fourth-order valence-electron chi connectivity index (χ4n) is 0.634. The number of hydrogen-bond acceptors (Lipinski definition) is 2. The van der Waals surface area contributed by atoms with Gasteiger partial charge in [0.05, 0.1) is 12.3 Å². The number of nitrogens with two attached hydrogens (primary N) is 1. The maximum Gasteiger partial charge on any atom is 0.169 e. The fraction of sp³-hybridized carbons (Fsp3) is 0.143. The molecular weight excluding hydrogens is 194 g/mol. The molecule has 2 nitrogen and oxygen atoms in total. The highest BCUT2D eigenvalue weighted by Gasteiger charge is 2.03. The van der Waals surface area contributed by atoms with Crippen molar-refractivity contribution >= 4 is 15.9 Å². The van der Waals surface area contributed by atoms with Gasteiger partial charge in [0.1, 0.15) is 0 Å². The summed E-state index contributed by atoms with van der Waals surface area (Å²) in [5.41, 5.74) is 6.54. The van der Waals surface area contributed by atoms with E-state index in [2.05, 4.69) is 22.5 Å². The second kappa shape index (κ2) is 3.03. The van der Waals surface area contributed by atoms with Crippen LogP contribution < -0.4 is 5.73 Å². The molecule has 1 rings (SSSR count). The molecule has 0 aliphatic rings. The molecule has 2 N–H and O–H groups in total. The van der Waals surface area contributed by atoms with E-state index in [4.69, 9.17) is 10.2 Å². The van der Waals surface area contributed by atoms with Crippen molar-refractivity contribution in [3.63, 3.8) is 0 Å². The van der Waals surface area contributed by atoms with Gasteiger partial charge < -0.3 is 10.2 Å². The van der Waals surface area contributed by atoms with Crippen molar-refractivity contribution in [3.05, 3.63) is 35.2 Å². The number of rotatable bonds is 2. The predicted octanol–water partition coefficient (Wildman–Crippen LogP) is 2.23. The van der Waals surface area contributed by atoms with E-state index in [1.54, 1.807) is 12.3 Å². The Kier molecular flexibility index (Phi) is 2.29. The van der Waals surface area contributed by atoms with Gasteiger partial charge in [-0.2, -0.15) is 0 Å². The first kappa shape index (κ1) is 7.57. The second-order valence-electron chi connectivity index (χ2n) is 1.95. The van der Waals surface area contributed by atoms with Gasteiger partial charge in [-0.15, -0.1) is 6.58 Å². The summed E-state index contributed by atoms with van der Waals surface area (Å²) in [6.45, 7) is 3.56.